The Balaban J connectivity index is 2.19. The number of aromatic nitrogens is 2. The third-order valence-corrected chi connectivity index (χ3v) is 3.55. The average molecular weight is 308 g/mol. The molecule has 1 aliphatic rings. The van der Waals surface area contributed by atoms with Gasteiger partial charge in [-0.15, -0.1) is 0 Å². The largest absolute Gasteiger partial charge is 0.444 e. The average Bonchev–Trinajstić information content (AvgIpc) is 2.86. The van der Waals surface area contributed by atoms with Crippen LogP contribution in [0.15, 0.2) is 12.4 Å². The lowest BCUT2D eigenvalue weighted by Crippen LogP contribution is -2.50. The summed E-state index contributed by atoms with van der Waals surface area (Å²) in [7, 11) is 0. The van der Waals surface area contributed by atoms with Crippen LogP contribution in [-0.4, -0.2) is 46.0 Å². The summed E-state index contributed by atoms with van der Waals surface area (Å²) in [6.45, 7) is 14.1. The summed E-state index contributed by atoms with van der Waals surface area (Å²) in [6.07, 6.45) is 3.61. The maximum absolute atomic E-state index is 12.4. The lowest BCUT2D eigenvalue weighted by molar-refractivity contribution is 0.0118. The predicted octanol–water partition coefficient (Wildman–Crippen LogP) is 2.52. The molecular formula is C16H28N4O2. The lowest BCUT2D eigenvalue weighted by atomic mass is 10.1. The molecule has 1 fully saturated rings. The van der Waals surface area contributed by atoms with Gasteiger partial charge in [-0.25, -0.2) is 4.79 Å². The third-order valence-electron chi connectivity index (χ3n) is 3.55. The molecule has 1 saturated heterocycles. The van der Waals surface area contributed by atoms with Crippen LogP contribution in [0.2, 0.25) is 0 Å². The number of carbonyl (C=O) groups is 1. The Kier molecular flexibility index (Phi) is 4.52. The number of piperazine rings is 1. The Morgan fingerprint density at radius 2 is 2.00 bits per heavy atom. The molecule has 1 atom stereocenters. The minimum atomic E-state index is -0.484. The molecule has 6 nitrogen and oxygen atoms in total. The van der Waals surface area contributed by atoms with Crippen LogP contribution < -0.4 is 5.32 Å². The number of nitrogens with zero attached hydrogens (tertiary/aromatic N) is 3. The van der Waals surface area contributed by atoms with Gasteiger partial charge in [0.1, 0.15) is 5.60 Å². The Morgan fingerprint density at radius 3 is 2.55 bits per heavy atom. The van der Waals surface area contributed by atoms with E-state index in [2.05, 4.69) is 31.2 Å². The Labute approximate surface area is 132 Å². The zero-order chi connectivity index (χ0) is 16.5. The molecule has 6 heteroatoms. The Hall–Kier alpha value is -1.56. The van der Waals surface area contributed by atoms with Crippen LogP contribution in [0.3, 0.4) is 0 Å². The van der Waals surface area contributed by atoms with E-state index in [0.29, 0.717) is 6.54 Å². The van der Waals surface area contributed by atoms with Gasteiger partial charge in [0.2, 0.25) is 0 Å². The Bertz CT molecular complexity index is 525. The van der Waals surface area contributed by atoms with Crippen molar-refractivity contribution in [3.05, 3.63) is 18.0 Å². The van der Waals surface area contributed by atoms with Crippen LogP contribution in [0.5, 0.6) is 0 Å². The highest BCUT2D eigenvalue weighted by Gasteiger charge is 2.32. The second-order valence-corrected chi connectivity index (χ2v) is 7.78. The predicted molar refractivity (Wildman–Crippen MR) is 85.8 cm³/mol. The fourth-order valence-corrected chi connectivity index (χ4v) is 2.42. The van der Waals surface area contributed by atoms with Gasteiger partial charge in [-0.2, -0.15) is 5.10 Å². The van der Waals surface area contributed by atoms with E-state index in [9.17, 15) is 4.79 Å². The van der Waals surface area contributed by atoms with Crippen molar-refractivity contribution < 1.29 is 9.53 Å². The number of hydrogen-bond donors (Lipinski definition) is 1. The first-order chi connectivity index (χ1) is 10.1. The summed E-state index contributed by atoms with van der Waals surface area (Å²) in [6, 6.07) is -0.0419. The van der Waals surface area contributed by atoms with Crippen molar-refractivity contribution in [2.24, 2.45) is 0 Å². The molecule has 1 aromatic heterocycles. The van der Waals surface area contributed by atoms with Crippen molar-refractivity contribution in [2.45, 2.75) is 58.7 Å². The molecule has 0 aliphatic carbocycles. The maximum atomic E-state index is 12.4. The molecule has 2 rings (SSSR count). The molecular weight excluding hydrogens is 280 g/mol. The molecule has 1 unspecified atom stereocenters. The fraction of sp³-hybridized carbons (Fsp3) is 0.750. The fourth-order valence-electron chi connectivity index (χ4n) is 2.42. The van der Waals surface area contributed by atoms with Crippen LogP contribution in [0.1, 0.15) is 53.1 Å². The first-order valence-electron chi connectivity index (χ1n) is 7.83. The minimum absolute atomic E-state index is 0.0419. The van der Waals surface area contributed by atoms with Gasteiger partial charge in [-0.3, -0.25) is 9.58 Å². The van der Waals surface area contributed by atoms with Crippen molar-refractivity contribution in [3.8, 4) is 0 Å². The number of nitrogens with one attached hydrogen (secondary N) is 1. The quantitative estimate of drug-likeness (QED) is 0.866. The van der Waals surface area contributed by atoms with Crippen molar-refractivity contribution in [2.75, 3.05) is 19.6 Å². The maximum Gasteiger partial charge on any atom is 0.410 e. The normalized spacial score (nSPS) is 20.1. The van der Waals surface area contributed by atoms with Crippen LogP contribution in [0, 0.1) is 0 Å². The second-order valence-electron chi connectivity index (χ2n) is 7.78. The van der Waals surface area contributed by atoms with Crippen LogP contribution in [0.25, 0.3) is 0 Å². The van der Waals surface area contributed by atoms with Crippen LogP contribution in [0.4, 0.5) is 4.79 Å². The van der Waals surface area contributed by atoms with E-state index in [4.69, 9.17) is 4.74 Å². The number of carbonyl (C=O) groups excluding carboxylic acids is 1. The molecule has 0 saturated carbocycles. The van der Waals surface area contributed by atoms with Crippen LogP contribution >= 0.6 is 0 Å². The van der Waals surface area contributed by atoms with E-state index in [1.165, 1.54) is 0 Å². The number of ether oxygens (including phenoxy) is 1. The van der Waals surface area contributed by atoms with Gasteiger partial charge in [0.05, 0.1) is 17.8 Å². The lowest BCUT2D eigenvalue weighted by Gasteiger charge is -2.36. The van der Waals surface area contributed by atoms with Gasteiger partial charge < -0.3 is 10.1 Å². The zero-order valence-electron chi connectivity index (χ0n) is 14.5. The van der Waals surface area contributed by atoms with Crippen molar-refractivity contribution >= 4 is 6.09 Å². The highest BCUT2D eigenvalue weighted by Crippen LogP contribution is 2.25. The highest BCUT2D eigenvalue weighted by molar-refractivity contribution is 5.69. The minimum Gasteiger partial charge on any atom is -0.444 e. The van der Waals surface area contributed by atoms with Gasteiger partial charge in [0, 0.05) is 31.4 Å². The van der Waals surface area contributed by atoms with Crippen molar-refractivity contribution in [3.63, 3.8) is 0 Å². The molecule has 0 spiro atoms. The monoisotopic (exact) mass is 308 g/mol. The van der Waals surface area contributed by atoms with E-state index in [1.807, 2.05) is 37.8 Å². The summed E-state index contributed by atoms with van der Waals surface area (Å²) in [4.78, 5) is 14.2. The zero-order valence-corrected chi connectivity index (χ0v) is 14.5. The van der Waals surface area contributed by atoms with Crippen molar-refractivity contribution in [1.29, 1.82) is 0 Å². The summed E-state index contributed by atoms with van der Waals surface area (Å²) in [5.74, 6) is 0. The van der Waals surface area contributed by atoms with E-state index in [1.54, 1.807) is 4.90 Å². The number of rotatable bonds is 1. The van der Waals surface area contributed by atoms with E-state index < -0.39 is 5.60 Å². The number of amides is 1. The molecule has 1 aromatic rings. The Morgan fingerprint density at radius 1 is 1.32 bits per heavy atom. The molecule has 22 heavy (non-hydrogen) atoms. The summed E-state index contributed by atoms with van der Waals surface area (Å²) in [5.41, 5.74) is 0.479. The molecule has 2 heterocycles. The van der Waals surface area contributed by atoms with Gasteiger partial charge >= 0.3 is 6.09 Å². The van der Waals surface area contributed by atoms with E-state index in [0.717, 1.165) is 18.7 Å². The molecule has 1 amide bonds. The van der Waals surface area contributed by atoms with Gasteiger partial charge in [0.15, 0.2) is 0 Å². The summed E-state index contributed by atoms with van der Waals surface area (Å²) < 4.78 is 7.47. The van der Waals surface area contributed by atoms with Crippen molar-refractivity contribution in [1.82, 2.24) is 20.0 Å². The molecule has 124 valence electrons. The van der Waals surface area contributed by atoms with Crippen LogP contribution in [-0.2, 0) is 10.3 Å². The summed E-state index contributed by atoms with van der Waals surface area (Å²) in [5, 5.41) is 7.78. The molecule has 0 bridgehead atoms. The topological polar surface area (TPSA) is 59.4 Å². The van der Waals surface area contributed by atoms with E-state index in [-0.39, 0.29) is 17.7 Å². The first kappa shape index (κ1) is 16.8. The number of hydrogen-bond acceptors (Lipinski definition) is 4. The molecule has 0 aromatic carbocycles. The standard InChI is InChI=1S/C16H28N4O2/c1-15(2,3)20-11-12(9-18-20)13-10-17-7-8-19(13)14(21)22-16(4,5)6/h9,11,13,17H,7-8,10H2,1-6H3. The highest BCUT2D eigenvalue weighted by atomic mass is 16.6. The summed E-state index contributed by atoms with van der Waals surface area (Å²) >= 11 is 0. The SMILES string of the molecule is CC(C)(C)OC(=O)N1CCNCC1c1cnn(C(C)(C)C)c1. The molecule has 1 N–H and O–H groups in total. The van der Waals surface area contributed by atoms with Gasteiger partial charge in [-0.05, 0) is 41.5 Å². The molecule has 1 aliphatic heterocycles. The smallest absolute Gasteiger partial charge is 0.410 e. The van der Waals surface area contributed by atoms with E-state index >= 15 is 0 Å². The third kappa shape index (κ3) is 4.00. The van der Waals surface area contributed by atoms with Gasteiger partial charge in [0.25, 0.3) is 0 Å². The molecule has 0 radical (unpaired) electrons. The first-order valence-corrected chi connectivity index (χ1v) is 7.83. The second kappa shape index (κ2) is 5.91. The van der Waals surface area contributed by atoms with Gasteiger partial charge in [-0.1, -0.05) is 0 Å².